The molecule has 1 saturated heterocycles. The van der Waals surface area contributed by atoms with Crippen LogP contribution >= 0.6 is 0 Å². The van der Waals surface area contributed by atoms with Crippen LogP contribution in [-0.4, -0.2) is 51.4 Å². The topological polar surface area (TPSA) is 41.4 Å². The second-order valence-corrected chi connectivity index (χ2v) is 9.17. The fourth-order valence-corrected chi connectivity index (χ4v) is 5.00. The standard InChI is InChI=1S/C28H38N4O/c1-2-32-26-16-9-8-15-25(26)29-27(32)17-18-28(33)31-21-11-4-3-10-19-30(20-12-22-31)23-24-13-6-5-7-14-24/h5-9,13-16H,2-4,10-12,17-23H2,1H3. The molecule has 0 aliphatic carbocycles. The number of benzene rings is 2. The Labute approximate surface area is 198 Å². The molecule has 0 bridgehead atoms. The van der Waals surface area contributed by atoms with Gasteiger partial charge in [-0.25, -0.2) is 4.98 Å². The molecule has 1 amide bonds. The van der Waals surface area contributed by atoms with Gasteiger partial charge in [0.25, 0.3) is 0 Å². The molecular weight excluding hydrogens is 408 g/mol. The maximum Gasteiger partial charge on any atom is 0.223 e. The van der Waals surface area contributed by atoms with Crippen LogP contribution in [0.15, 0.2) is 54.6 Å². The van der Waals surface area contributed by atoms with Gasteiger partial charge in [-0.3, -0.25) is 9.69 Å². The van der Waals surface area contributed by atoms with E-state index in [1.807, 2.05) is 6.07 Å². The lowest BCUT2D eigenvalue weighted by Crippen LogP contribution is -2.35. The number of fused-ring (bicyclic) bond motifs is 1. The number of hydrogen-bond acceptors (Lipinski definition) is 3. The summed E-state index contributed by atoms with van der Waals surface area (Å²) < 4.78 is 2.25. The highest BCUT2D eigenvalue weighted by Gasteiger charge is 2.17. The lowest BCUT2D eigenvalue weighted by molar-refractivity contribution is -0.131. The molecule has 1 aliphatic heterocycles. The van der Waals surface area contributed by atoms with Crippen molar-refractivity contribution in [2.24, 2.45) is 0 Å². The fourth-order valence-electron chi connectivity index (χ4n) is 5.00. The van der Waals surface area contributed by atoms with E-state index in [9.17, 15) is 4.79 Å². The van der Waals surface area contributed by atoms with E-state index in [0.29, 0.717) is 12.8 Å². The Morgan fingerprint density at radius 2 is 1.55 bits per heavy atom. The highest BCUT2D eigenvalue weighted by molar-refractivity contribution is 5.78. The number of nitrogens with zero attached hydrogens (tertiary/aromatic N) is 4. The first-order chi connectivity index (χ1) is 16.2. The molecule has 0 radical (unpaired) electrons. The molecule has 176 valence electrons. The second-order valence-electron chi connectivity index (χ2n) is 9.17. The van der Waals surface area contributed by atoms with Crippen molar-refractivity contribution in [3.63, 3.8) is 0 Å². The number of para-hydroxylation sites is 2. The number of amides is 1. The maximum absolute atomic E-state index is 13.2. The Kier molecular flexibility index (Phi) is 8.53. The molecule has 0 spiro atoms. The summed E-state index contributed by atoms with van der Waals surface area (Å²) in [7, 11) is 0. The van der Waals surface area contributed by atoms with E-state index < -0.39 is 0 Å². The molecular formula is C28H38N4O. The van der Waals surface area contributed by atoms with Crippen LogP contribution in [-0.2, 0) is 24.3 Å². The number of imidazole rings is 1. The summed E-state index contributed by atoms with van der Waals surface area (Å²) in [6, 6.07) is 19.0. The summed E-state index contributed by atoms with van der Waals surface area (Å²) >= 11 is 0. The number of aryl methyl sites for hydroxylation is 2. The molecule has 0 saturated carbocycles. The van der Waals surface area contributed by atoms with Crippen molar-refractivity contribution >= 4 is 16.9 Å². The number of aromatic nitrogens is 2. The molecule has 0 N–H and O–H groups in total. The number of carbonyl (C=O) groups is 1. The van der Waals surface area contributed by atoms with E-state index in [-0.39, 0.29) is 5.91 Å². The first kappa shape index (κ1) is 23.5. The van der Waals surface area contributed by atoms with Gasteiger partial charge >= 0.3 is 0 Å². The van der Waals surface area contributed by atoms with Gasteiger partial charge in [-0.15, -0.1) is 0 Å². The number of rotatable bonds is 6. The van der Waals surface area contributed by atoms with Gasteiger partial charge in [0.05, 0.1) is 11.0 Å². The van der Waals surface area contributed by atoms with Crippen molar-refractivity contribution < 1.29 is 4.79 Å². The van der Waals surface area contributed by atoms with Crippen molar-refractivity contribution in [2.45, 2.75) is 65.0 Å². The molecule has 1 aromatic heterocycles. The van der Waals surface area contributed by atoms with E-state index in [1.54, 1.807) is 0 Å². The molecule has 0 atom stereocenters. The Morgan fingerprint density at radius 1 is 0.848 bits per heavy atom. The molecule has 1 aliphatic rings. The zero-order valence-corrected chi connectivity index (χ0v) is 20.1. The number of carbonyl (C=O) groups excluding carboxylic acids is 1. The highest BCUT2D eigenvalue weighted by Crippen LogP contribution is 2.18. The van der Waals surface area contributed by atoms with E-state index in [4.69, 9.17) is 4.98 Å². The first-order valence-electron chi connectivity index (χ1n) is 12.7. The van der Waals surface area contributed by atoms with Crippen molar-refractivity contribution in [3.8, 4) is 0 Å². The van der Waals surface area contributed by atoms with Gasteiger partial charge in [-0.2, -0.15) is 0 Å². The largest absolute Gasteiger partial charge is 0.343 e. The quantitative estimate of drug-likeness (QED) is 0.517. The Morgan fingerprint density at radius 3 is 2.36 bits per heavy atom. The molecule has 4 rings (SSSR count). The summed E-state index contributed by atoms with van der Waals surface area (Å²) in [5.41, 5.74) is 3.56. The van der Waals surface area contributed by atoms with E-state index in [1.165, 1.54) is 24.8 Å². The summed E-state index contributed by atoms with van der Waals surface area (Å²) in [6.07, 6.45) is 7.08. The van der Waals surface area contributed by atoms with Crippen LogP contribution in [0.5, 0.6) is 0 Å². The second kappa shape index (κ2) is 12.0. The smallest absolute Gasteiger partial charge is 0.223 e. The molecule has 2 heterocycles. The predicted octanol–water partition coefficient (Wildman–Crippen LogP) is 5.28. The van der Waals surface area contributed by atoms with Gasteiger partial charge in [-0.05, 0) is 50.4 Å². The van der Waals surface area contributed by atoms with Gasteiger partial charge in [0.15, 0.2) is 0 Å². The molecule has 1 fully saturated rings. The van der Waals surface area contributed by atoms with E-state index >= 15 is 0 Å². The van der Waals surface area contributed by atoms with Crippen molar-refractivity contribution in [2.75, 3.05) is 26.2 Å². The zero-order chi connectivity index (χ0) is 22.9. The van der Waals surface area contributed by atoms with Gasteiger partial charge in [0.1, 0.15) is 5.82 Å². The molecule has 5 heteroatoms. The van der Waals surface area contributed by atoms with Crippen LogP contribution in [0.25, 0.3) is 11.0 Å². The van der Waals surface area contributed by atoms with E-state index in [0.717, 1.165) is 69.0 Å². The van der Waals surface area contributed by atoms with Crippen LogP contribution in [0, 0.1) is 0 Å². The van der Waals surface area contributed by atoms with Gasteiger partial charge < -0.3 is 9.47 Å². The minimum absolute atomic E-state index is 0.276. The summed E-state index contributed by atoms with van der Waals surface area (Å²) in [5, 5.41) is 0. The monoisotopic (exact) mass is 446 g/mol. The minimum Gasteiger partial charge on any atom is -0.343 e. The first-order valence-corrected chi connectivity index (χ1v) is 12.7. The Balaban J connectivity index is 1.34. The van der Waals surface area contributed by atoms with Gasteiger partial charge in [-0.1, -0.05) is 55.3 Å². The average molecular weight is 447 g/mol. The fraction of sp³-hybridized carbons (Fsp3) is 0.500. The van der Waals surface area contributed by atoms with Crippen molar-refractivity contribution in [3.05, 3.63) is 66.0 Å². The number of hydrogen-bond donors (Lipinski definition) is 0. The predicted molar refractivity (Wildman–Crippen MR) is 135 cm³/mol. The van der Waals surface area contributed by atoms with Crippen molar-refractivity contribution in [1.82, 2.24) is 19.4 Å². The van der Waals surface area contributed by atoms with E-state index in [2.05, 4.69) is 69.8 Å². The molecule has 0 unspecified atom stereocenters. The Bertz CT molecular complexity index is 1010. The summed E-state index contributed by atoms with van der Waals surface area (Å²) in [4.78, 5) is 22.7. The summed E-state index contributed by atoms with van der Waals surface area (Å²) in [5.74, 6) is 1.30. The SMILES string of the molecule is CCn1c(CCC(=O)N2CCCCCCN(Cc3ccccc3)CCC2)nc2ccccc21. The van der Waals surface area contributed by atoms with Crippen LogP contribution in [0.2, 0.25) is 0 Å². The minimum atomic E-state index is 0.276. The molecule has 5 nitrogen and oxygen atoms in total. The lowest BCUT2D eigenvalue weighted by Gasteiger charge is -2.25. The van der Waals surface area contributed by atoms with Gasteiger partial charge in [0, 0.05) is 45.6 Å². The van der Waals surface area contributed by atoms with Gasteiger partial charge in [0.2, 0.25) is 5.91 Å². The van der Waals surface area contributed by atoms with Crippen LogP contribution in [0.3, 0.4) is 0 Å². The lowest BCUT2D eigenvalue weighted by atomic mass is 10.1. The third-order valence-electron chi connectivity index (χ3n) is 6.77. The average Bonchev–Trinajstić information content (AvgIpc) is 3.18. The molecule has 33 heavy (non-hydrogen) atoms. The van der Waals surface area contributed by atoms with Crippen LogP contribution in [0.4, 0.5) is 0 Å². The Hall–Kier alpha value is -2.66. The zero-order valence-electron chi connectivity index (χ0n) is 20.1. The normalized spacial score (nSPS) is 16.6. The van der Waals surface area contributed by atoms with Crippen molar-refractivity contribution in [1.29, 1.82) is 0 Å². The van der Waals surface area contributed by atoms with Crippen LogP contribution in [0.1, 0.15) is 56.8 Å². The third kappa shape index (κ3) is 6.44. The third-order valence-corrected chi connectivity index (χ3v) is 6.77. The molecule has 3 aromatic rings. The summed E-state index contributed by atoms with van der Waals surface area (Å²) in [6.45, 7) is 7.97. The molecule has 2 aromatic carbocycles. The maximum atomic E-state index is 13.2. The highest BCUT2D eigenvalue weighted by atomic mass is 16.2. The van der Waals surface area contributed by atoms with Crippen LogP contribution < -0.4 is 0 Å².